The third kappa shape index (κ3) is 1.65. The second kappa shape index (κ2) is 3.88. The van der Waals surface area contributed by atoms with Gasteiger partial charge in [-0.3, -0.25) is 0 Å². The largest absolute Gasteiger partial charge is 0.469 e. The highest BCUT2D eigenvalue weighted by Gasteiger charge is 2.10. The van der Waals surface area contributed by atoms with Gasteiger partial charge in [0.25, 0.3) is 0 Å². The van der Waals surface area contributed by atoms with E-state index in [1.807, 2.05) is 0 Å². The number of fused-ring (bicyclic) bond motifs is 1. The summed E-state index contributed by atoms with van der Waals surface area (Å²) < 4.78 is 5.26. The molecule has 1 aliphatic rings. The number of hydrogen-bond acceptors (Lipinski definition) is 1. The summed E-state index contributed by atoms with van der Waals surface area (Å²) >= 11 is 0. The molecular formula is C10H12O. The van der Waals surface area contributed by atoms with Gasteiger partial charge in [-0.1, -0.05) is 0 Å². The summed E-state index contributed by atoms with van der Waals surface area (Å²) in [6.45, 7) is 0. The van der Waals surface area contributed by atoms with Crippen molar-refractivity contribution in [2.45, 2.75) is 25.7 Å². The monoisotopic (exact) mass is 148 g/mol. The second-order valence-electron chi connectivity index (χ2n) is 2.58. The molecular weight excluding hydrogens is 136 g/mol. The van der Waals surface area contributed by atoms with Crippen molar-refractivity contribution in [3.63, 3.8) is 0 Å². The molecule has 1 aromatic heterocycles. The molecule has 0 aliphatic heterocycles. The lowest BCUT2D eigenvalue weighted by atomic mass is 9.99. The Labute approximate surface area is 67.4 Å². The molecule has 0 atom stereocenters. The Morgan fingerprint density at radius 3 is 2.64 bits per heavy atom. The van der Waals surface area contributed by atoms with Crippen molar-refractivity contribution < 1.29 is 4.42 Å². The fourth-order valence-electron chi connectivity index (χ4n) is 1.41. The van der Waals surface area contributed by atoms with E-state index in [1.54, 1.807) is 6.26 Å². The number of hydrogen-bond donors (Lipinski definition) is 0. The van der Waals surface area contributed by atoms with Crippen LogP contribution in [0.1, 0.15) is 24.2 Å². The van der Waals surface area contributed by atoms with Crippen molar-refractivity contribution in [2.24, 2.45) is 0 Å². The van der Waals surface area contributed by atoms with Crippen molar-refractivity contribution in [1.82, 2.24) is 0 Å². The van der Waals surface area contributed by atoms with Gasteiger partial charge in [-0.25, -0.2) is 0 Å². The van der Waals surface area contributed by atoms with Gasteiger partial charge in [0.2, 0.25) is 0 Å². The van der Waals surface area contributed by atoms with Crippen molar-refractivity contribution in [2.75, 3.05) is 0 Å². The summed E-state index contributed by atoms with van der Waals surface area (Å²) in [6.07, 6.45) is 14.8. The third-order valence-electron chi connectivity index (χ3n) is 1.94. The number of aryl methyl sites for hydroxylation is 2. The Kier molecular flexibility index (Phi) is 2.80. The highest BCUT2D eigenvalue weighted by molar-refractivity contribution is 5.19. The predicted molar refractivity (Wildman–Crippen MR) is 45.2 cm³/mol. The van der Waals surface area contributed by atoms with Crippen LogP contribution in [0.25, 0.3) is 0 Å². The lowest BCUT2D eigenvalue weighted by Gasteiger charge is -2.07. The summed E-state index contributed by atoms with van der Waals surface area (Å²) in [5.74, 6) is 1.22. The first-order valence-corrected chi connectivity index (χ1v) is 3.85. The first-order chi connectivity index (χ1) is 5.47. The number of terminal acetylenes is 1. The zero-order valence-electron chi connectivity index (χ0n) is 6.55. The third-order valence-corrected chi connectivity index (χ3v) is 1.94. The van der Waals surface area contributed by atoms with Gasteiger partial charge in [0.15, 0.2) is 0 Å². The maximum absolute atomic E-state index is 5.26. The lowest BCUT2D eigenvalue weighted by Crippen LogP contribution is -1.97. The van der Waals surface area contributed by atoms with Crippen LogP contribution < -0.4 is 0 Å². The Morgan fingerprint density at radius 2 is 1.91 bits per heavy atom. The summed E-state index contributed by atoms with van der Waals surface area (Å²) in [7, 11) is 0. The van der Waals surface area contributed by atoms with Crippen LogP contribution in [-0.4, -0.2) is 0 Å². The lowest BCUT2D eigenvalue weighted by molar-refractivity contribution is 0.478. The molecule has 0 radical (unpaired) electrons. The number of rotatable bonds is 0. The van der Waals surface area contributed by atoms with Crippen molar-refractivity contribution in [3.05, 3.63) is 23.7 Å². The van der Waals surface area contributed by atoms with Gasteiger partial charge in [0, 0.05) is 6.42 Å². The molecule has 0 spiro atoms. The van der Waals surface area contributed by atoms with E-state index in [0.717, 1.165) is 6.42 Å². The first-order valence-electron chi connectivity index (χ1n) is 3.85. The maximum Gasteiger partial charge on any atom is 0.106 e. The van der Waals surface area contributed by atoms with E-state index < -0.39 is 0 Å². The minimum Gasteiger partial charge on any atom is -0.469 e. The van der Waals surface area contributed by atoms with Crippen LogP contribution in [0.5, 0.6) is 0 Å². The van der Waals surface area contributed by atoms with Crippen molar-refractivity contribution in [1.29, 1.82) is 0 Å². The Bertz CT molecular complexity index is 212. The van der Waals surface area contributed by atoms with Crippen LogP contribution in [0.15, 0.2) is 16.7 Å². The molecule has 1 aromatic rings. The fourth-order valence-corrected chi connectivity index (χ4v) is 1.41. The predicted octanol–water partition coefficient (Wildman–Crippen LogP) is 2.41. The van der Waals surface area contributed by atoms with Gasteiger partial charge in [-0.2, -0.15) is 0 Å². The molecule has 0 N–H and O–H groups in total. The average Bonchev–Trinajstić information content (AvgIpc) is 2.55. The van der Waals surface area contributed by atoms with E-state index >= 15 is 0 Å². The van der Waals surface area contributed by atoms with E-state index in [-0.39, 0.29) is 0 Å². The van der Waals surface area contributed by atoms with Gasteiger partial charge in [-0.05, 0) is 30.9 Å². The topological polar surface area (TPSA) is 13.1 Å². The molecule has 0 bridgehead atoms. The molecule has 0 fully saturated rings. The molecule has 2 rings (SSSR count). The van der Waals surface area contributed by atoms with Crippen LogP contribution in [-0.2, 0) is 12.8 Å². The molecule has 0 saturated carbocycles. The molecule has 1 nitrogen and oxygen atoms in total. The molecule has 58 valence electrons. The van der Waals surface area contributed by atoms with Crippen LogP contribution in [0.3, 0.4) is 0 Å². The fraction of sp³-hybridized carbons (Fsp3) is 0.400. The Morgan fingerprint density at radius 1 is 1.18 bits per heavy atom. The van der Waals surface area contributed by atoms with Crippen LogP contribution in [0, 0.1) is 12.8 Å². The quantitative estimate of drug-likeness (QED) is 0.515. The van der Waals surface area contributed by atoms with Gasteiger partial charge in [0.05, 0.1) is 6.26 Å². The minimum atomic E-state index is 1.16. The van der Waals surface area contributed by atoms with E-state index in [4.69, 9.17) is 4.42 Å². The highest BCUT2D eigenvalue weighted by atomic mass is 16.3. The highest BCUT2D eigenvalue weighted by Crippen LogP contribution is 2.20. The second-order valence-corrected chi connectivity index (χ2v) is 2.58. The molecule has 0 amide bonds. The molecule has 1 heterocycles. The normalized spacial score (nSPS) is 14.4. The molecule has 11 heavy (non-hydrogen) atoms. The Hall–Kier alpha value is -1.16. The van der Waals surface area contributed by atoms with Crippen LogP contribution >= 0.6 is 0 Å². The van der Waals surface area contributed by atoms with E-state index in [2.05, 4.69) is 18.9 Å². The molecule has 0 aromatic carbocycles. The van der Waals surface area contributed by atoms with Gasteiger partial charge >= 0.3 is 0 Å². The van der Waals surface area contributed by atoms with E-state index in [9.17, 15) is 0 Å². The van der Waals surface area contributed by atoms with Gasteiger partial charge in [-0.15, -0.1) is 12.8 Å². The summed E-state index contributed by atoms with van der Waals surface area (Å²) in [4.78, 5) is 0. The minimum absolute atomic E-state index is 1.16. The van der Waals surface area contributed by atoms with Gasteiger partial charge < -0.3 is 4.42 Å². The molecule has 0 unspecified atom stereocenters. The average molecular weight is 148 g/mol. The zero-order valence-corrected chi connectivity index (χ0v) is 6.55. The van der Waals surface area contributed by atoms with Crippen molar-refractivity contribution in [3.8, 4) is 12.8 Å². The van der Waals surface area contributed by atoms with Gasteiger partial charge in [0.1, 0.15) is 5.76 Å². The van der Waals surface area contributed by atoms with Crippen LogP contribution in [0.4, 0.5) is 0 Å². The summed E-state index contributed by atoms with van der Waals surface area (Å²) in [5.41, 5.74) is 1.43. The SMILES string of the molecule is C#C.c1cc2c(o1)CCCC2. The first kappa shape index (κ1) is 7.94. The van der Waals surface area contributed by atoms with Crippen LogP contribution in [0.2, 0.25) is 0 Å². The zero-order chi connectivity index (χ0) is 8.10. The summed E-state index contributed by atoms with van der Waals surface area (Å²) in [6, 6.07) is 2.09. The standard InChI is InChI=1S/C8H10O.C2H2/c1-2-4-8-7(3-1)5-6-9-8;1-2/h5-6H,1-4H2;1-2H. The van der Waals surface area contributed by atoms with E-state index in [0.29, 0.717) is 0 Å². The maximum atomic E-state index is 5.26. The van der Waals surface area contributed by atoms with Crippen molar-refractivity contribution >= 4 is 0 Å². The molecule has 0 saturated heterocycles. The Balaban J connectivity index is 0.000000281. The van der Waals surface area contributed by atoms with E-state index in [1.165, 1.54) is 30.6 Å². The smallest absolute Gasteiger partial charge is 0.106 e. The molecule has 1 heteroatoms. The molecule has 1 aliphatic carbocycles. The summed E-state index contributed by atoms with van der Waals surface area (Å²) in [5, 5.41) is 0. The number of furan rings is 1.